The molecule has 32 heavy (non-hydrogen) atoms. The number of sulfonamides is 1. The number of alkyl halides is 3. The summed E-state index contributed by atoms with van der Waals surface area (Å²) in [5, 5.41) is 4.46. The molecule has 0 aliphatic rings. The van der Waals surface area contributed by atoms with Gasteiger partial charge in [0, 0.05) is 5.69 Å². The van der Waals surface area contributed by atoms with Gasteiger partial charge in [-0.2, -0.15) is 13.2 Å². The van der Waals surface area contributed by atoms with Gasteiger partial charge in [0.25, 0.3) is 5.91 Å². The summed E-state index contributed by atoms with van der Waals surface area (Å²) in [4.78, 5) is 23.7. The molecule has 1 amide bonds. The van der Waals surface area contributed by atoms with E-state index in [1.165, 1.54) is 16.9 Å². The first-order valence-electron chi connectivity index (χ1n) is 9.16. The SMILES string of the molecule is O=C(COC(=O)c1cccc(S(=O)(=O)NCC(F)(F)F)c1)Nc1ccc2ccccc2c1. The van der Waals surface area contributed by atoms with Crippen LogP contribution in [0.4, 0.5) is 18.9 Å². The number of rotatable bonds is 7. The number of esters is 1. The summed E-state index contributed by atoms with van der Waals surface area (Å²) in [6.07, 6.45) is -4.73. The van der Waals surface area contributed by atoms with Crippen molar-refractivity contribution in [1.82, 2.24) is 4.72 Å². The average molecular weight is 466 g/mol. The second-order valence-corrected chi connectivity index (χ2v) is 8.42. The van der Waals surface area contributed by atoms with E-state index in [9.17, 15) is 31.2 Å². The maximum Gasteiger partial charge on any atom is 0.402 e. The van der Waals surface area contributed by atoms with Crippen molar-refractivity contribution in [2.75, 3.05) is 18.5 Å². The number of carbonyl (C=O) groups is 2. The van der Waals surface area contributed by atoms with Gasteiger partial charge in [-0.25, -0.2) is 17.9 Å². The Hall–Kier alpha value is -3.44. The summed E-state index contributed by atoms with van der Waals surface area (Å²) in [5.41, 5.74) is 0.256. The molecule has 0 fully saturated rings. The standard InChI is InChI=1S/C21H17F3N2O5S/c22-21(23,24)13-25-32(29,30)18-7-3-6-16(11-18)20(28)31-12-19(27)26-17-9-8-14-4-1-2-5-15(14)10-17/h1-11,25H,12-13H2,(H,26,27). The van der Waals surface area contributed by atoms with Crippen molar-refractivity contribution in [2.45, 2.75) is 11.1 Å². The van der Waals surface area contributed by atoms with Crippen molar-refractivity contribution in [1.29, 1.82) is 0 Å². The van der Waals surface area contributed by atoms with Gasteiger partial charge in [-0.3, -0.25) is 4.79 Å². The van der Waals surface area contributed by atoms with E-state index in [1.807, 2.05) is 30.3 Å². The molecule has 7 nitrogen and oxygen atoms in total. The van der Waals surface area contributed by atoms with E-state index in [1.54, 1.807) is 12.1 Å². The Balaban J connectivity index is 1.60. The van der Waals surface area contributed by atoms with Gasteiger partial charge in [-0.1, -0.05) is 36.4 Å². The molecule has 2 N–H and O–H groups in total. The number of hydrogen-bond acceptors (Lipinski definition) is 5. The first kappa shape index (κ1) is 23.2. The number of carbonyl (C=O) groups excluding carboxylic acids is 2. The zero-order valence-corrected chi connectivity index (χ0v) is 17.2. The van der Waals surface area contributed by atoms with Crippen LogP contribution in [-0.4, -0.2) is 39.6 Å². The number of amides is 1. The van der Waals surface area contributed by atoms with Gasteiger partial charge < -0.3 is 10.1 Å². The van der Waals surface area contributed by atoms with Crippen LogP contribution in [0.1, 0.15) is 10.4 Å². The molecule has 0 spiro atoms. The third kappa shape index (κ3) is 6.28. The minimum atomic E-state index is -4.73. The molecule has 168 valence electrons. The van der Waals surface area contributed by atoms with E-state index >= 15 is 0 Å². The number of hydrogen-bond donors (Lipinski definition) is 2. The second kappa shape index (κ2) is 9.37. The van der Waals surface area contributed by atoms with E-state index in [0.29, 0.717) is 5.69 Å². The molecular weight excluding hydrogens is 449 g/mol. The molecule has 0 bridgehead atoms. The van der Waals surface area contributed by atoms with Crippen LogP contribution in [0.15, 0.2) is 71.6 Å². The number of ether oxygens (including phenoxy) is 1. The quantitative estimate of drug-likeness (QED) is 0.520. The number of halogens is 3. The minimum absolute atomic E-state index is 0.238. The third-order valence-electron chi connectivity index (χ3n) is 4.21. The van der Waals surface area contributed by atoms with Crippen LogP contribution in [0.5, 0.6) is 0 Å². The molecule has 0 atom stereocenters. The van der Waals surface area contributed by atoms with Gasteiger partial charge in [-0.05, 0) is 41.1 Å². The fourth-order valence-corrected chi connectivity index (χ4v) is 3.79. The maximum atomic E-state index is 12.3. The van der Waals surface area contributed by atoms with E-state index in [-0.39, 0.29) is 5.56 Å². The third-order valence-corrected chi connectivity index (χ3v) is 5.61. The smallest absolute Gasteiger partial charge is 0.402 e. The van der Waals surface area contributed by atoms with Gasteiger partial charge in [0.05, 0.1) is 10.5 Å². The van der Waals surface area contributed by atoms with Crippen LogP contribution in [0.25, 0.3) is 10.8 Å². The highest BCUT2D eigenvalue weighted by Crippen LogP contribution is 2.19. The lowest BCUT2D eigenvalue weighted by Crippen LogP contribution is -2.33. The van der Waals surface area contributed by atoms with Crippen molar-refractivity contribution in [2.24, 2.45) is 0 Å². The fourth-order valence-electron chi connectivity index (χ4n) is 2.73. The second-order valence-electron chi connectivity index (χ2n) is 6.65. The Bertz CT molecular complexity index is 1260. The highest BCUT2D eigenvalue weighted by atomic mass is 32.2. The topological polar surface area (TPSA) is 102 Å². The van der Waals surface area contributed by atoms with Gasteiger partial charge in [0.15, 0.2) is 6.61 Å². The molecule has 0 heterocycles. The Morgan fingerprint density at radius 1 is 0.906 bits per heavy atom. The first-order chi connectivity index (χ1) is 15.0. The molecular formula is C21H17F3N2O5S. The Morgan fingerprint density at radius 2 is 1.62 bits per heavy atom. The maximum absolute atomic E-state index is 12.3. The van der Waals surface area contributed by atoms with Crippen LogP contribution in [0.3, 0.4) is 0 Å². The summed E-state index contributed by atoms with van der Waals surface area (Å²) in [6.45, 7) is -2.39. The lowest BCUT2D eigenvalue weighted by atomic mass is 10.1. The molecule has 3 aromatic rings. The minimum Gasteiger partial charge on any atom is -0.452 e. The molecule has 3 rings (SSSR count). The highest BCUT2D eigenvalue weighted by Gasteiger charge is 2.30. The molecule has 0 aliphatic carbocycles. The fraction of sp³-hybridized carbons (Fsp3) is 0.143. The summed E-state index contributed by atoms with van der Waals surface area (Å²) in [7, 11) is -4.50. The monoisotopic (exact) mass is 466 g/mol. The van der Waals surface area contributed by atoms with Crippen molar-refractivity contribution >= 4 is 38.4 Å². The molecule has 0 aliphatic heterocycles. The zero-order valence-electron chi connectivity index (χ0n) is 16.3. The van der Waals surface area contributed by atoms with Crippen molar-refractivity contribution in [3.05, 3.63) is 72.3 Å². The van der Waals surface area contributed by atoms with Crippen LogP contribution in [-0.2, 0) is 19.6 Å². The predicted molar refractivity (Wildman–Crippen MR) is 111 cm³/mol. The average Bonchev–Trinajstić information content (AvgIpc) is 2.76. The molecule has 11 heteroatoms. The van der Waals surface area contributed by atoms with Gasteiger partial charge >= 0.3 is 12.1 Å². The number of benzene rings is 3. The van der Waals surface area contributed by atoms with Gasteiger partial charge in [0.1, 0.15) is 6.54 Å². The van der Waals surface area contributed by atoms with Crippen LogP contribution < -0.4 is 10.0 Å². The normalized spacial score (nSPS) is 11.8. The van der Waals surface area contributed by atoms with E-state index in [4.69, 9.17) is 4.74 Å². The predicted octanol–water partition coefficient (Wildman–Crippen LogP) is 3.48. The Kier molecular flexibility index (Phi) is 6.80. The molecule has 0 saturated carbocycles. The van der Waals surface area contributed by atoms with Crippen LogP contribution in [0.2, 0.25) is 0 Å². The number of fused-ring (bicyclic) bond motifs is 1. The molecule has 0 unspecified atom stereocenters. The lowest BCUT2D eigenvalue weighted by Gasteiger charge is -2.10. The van der Waals surface area contributed by atoms with Gasteiger partial charge in [-0.15, -0.1) is 0 Å². The molecule has 0 aromatic heterocycles. The molecule has 0 radical (unpaired) electrons. The van der Waals surface area contributed by atoms with Gasteiger partial charge in [0.2, 0.25) is 10.0 Å². The Labute approximate surface area is 181 Å². The van der Waals surface area contributed by atoms with E-state index in [0.717, 1.165) is 22.9 Å². The summed E-state index contributed by atoms with van der Waals surface area (Å²) in [6, 6.07) is 17.0. The van der Waals surface area contributed by atoms with E-state index in [2.05, 4.69) is 5.32 Å². The number of anilines is 1. The first-order valence-corrected chi connectivity index (χ1v) is 10.6. The largest absolute Gasteiger partial charge is 0.452 e. The van der Waals surface area contributed by atoms with Crippen molar-refractivity contribution in [3.8, 4) is 0 Å². The van der Waals surface area contributed by atoms with E-state index < -0.39 is 46.1 Å². The molecule has 0 saturated heterocycles. The highest BCUT2D eigenvalue weighted by molar-refractivity contribution is 7.89. The number of nitrogens with one attached hydrogen (secondary N) is 2. The summed E-state index contributed by atoms with van der Waals surface area (Å²) >= 11 is 0. The summed E-state index contributed by atoms with van der Waals surface area (Å²) < 4.78 is 67.1. The van der Waals surface area contributed by atoms with Crippen molar-refractivity contribution < 1.29 is 35.9 Å². The molecule has 3 aromatic carbocycles. The lowest BCUT2D eigenvalue weighted by molar-refractivity contribution is -0.121. The Morgan fingerprint density at radius 3 is 2.34 bits per heavy atom. The van der Waals surface area contributed by atoms with Crippen LogP contribution in [0, 0.1) is 0 Å². The van der Waals surface area contributed by atoms with Crippen molar-refractivity contribution in [3.63, 3.8) is 0 Å². The zero-order chi connectivity index (χ0) is 23.4. The summed E-state index contributed by atoms with van der Waals surface area (Å²) in [5.74, 6) is -1.63. The van der Waals surface area contributed by atoms with Crippen LogP contribution >= 0.6 is 0 Å².